The number of aliphatic imine (C=N–C) groups is 1. The van der Waals surface area contributed by atoms with Crippen LogP contribution in [0.15, 0.2) is 29.3 Å². The van der Waals surface area contributed by atoms with Crippen molar-refractivity contribution in [2.24, 2.45) is 4.99 Å². The zero-order valence-electron chi connectivity index (χ0n) is 20.2. The lowest BCUT2D eigenvalue weighted by Crippen LogP contribution is -2.50. The molecule has 2 aliphatic heterocycles. The molecule has 4 rings (SSSR count). The van der Waals surface area contributed by atoms with E-state index in [1.807, 2.05) is 4.90 Å². The quantitative estimate of drug-likeness (QED) is 0.294. The topological polar surface area (TPSA) is 60.0 Å². The average Bonchev–Trinajstić information content (AvgIpc) is 3.23. The highest BCUT2D eigenvalue weighted by Crippen LogP contribution is 2.25. The van der Waals surface area contributed by atoms with Crippen molar-refractivity contribution in [3.8, 4) is 0 Å². The predicted molar refractivity (Wildman–Crippen MR) is 146 cm³/mol. The number of hydrogen-bond donors (Lipinski definition) is 2. The Hall–Kier alpha value is -1.35. The zero-order chi connectivity index (χ0) is 22.2. The fourth-order valence-electron chi connectivity index (χ4n) is 5.46. The molecule has 1 aromatic carbocycles. The van der Waals surface area contributed by atoms with E-state index in [9.17, 15) is 4.79 Å². The Morgan fingerprint density at radius 1 is 1.03 bits per heavy atom. The third kappa shape index (κ3) is 7.84. The van der Waals surface area contributed by atoms with Gasteiger partial charge in [0.05, 0.1) is 6.54 Å². The van der Waals surface area contributed by atoms with Gasteiger partial charge in [-0.05, 0) is 50.2 Å². The maximum atomic E-state index is 11.9. The van der Waals surface area contributed by atoms with Crippen LogP contribution < -0.4 is 10.6 Å². The minimum absolute atomic E-state index is 0. The number of nitrogens with zero attached hydrogens (tertiary/aromatic N) is 3. The second-order valence-electron chi connectivity index (χ2n) is 9.68. The van der Waals surface area contributed by atoms with Gasteiger partial charge >= 0.3 is 0 Å². The van der Waals surface area contributed by atoms with Crippen molar-refractivity contribution in [1.29, 1.82) is 0 Å². The van der Waals surface area contributed by atoms with Crippen molar-refractivity contribution in [2.45, 2.75) is 89.9 Å². The molecule has 2 saturated heterocycles. The normalized spacial score (nSPS) is 21.2. The fourth-order valence-corrected chi connectivity index (χ4v) is 5.46. The van der Waals surface area contributed by atoms with Crippen molar-refractivity contribution in [2.75, 3.05) is 26.2 Å². The number of carbonyl (C=O) groups is 1. The predicted octanol–water partition coefficient (Wildman–Crippen LogP) is 4.28. The summed E-state index contributed by atoms with van der Waals surface area (Å²) in [6.45, 7) is 7.65. The third-order valence-electron chi connectivity index (χ3n) is 7.26. The molecule has 0 aromatic heterocycles. The molecule has 0 spiro atoms. The Bertz CT molecular complexity index is 772. The highest BCUT2D eigenvalue weighted by molar-refractivity contribution is 14.0. The Morgan fingerprint density at radius 3 is 2.48 bits per heavy atom. The number of carbonyl (C=O) groups excluding carboxylic acids is 1. The molecule has 0 unspecified atom stereocenters. The van der Waals surface area contributed by atoms with Gasteiger partial charge in [-0.25, -0.2) is 4.99 Å². The second kappa shape index (κ2) is 13.5. The summed E-state index contributed by atoms with van der Waals surface area (Å²) in [4.78, 5) is 21.5. The van der Waals surface area contributed by atoms with E-state index < -0.39 is 0 Å². The van der Waals surface area contributed by atoms with E-state index in [0.29, 0.717) is 25.6 Å². The first-order valence-corrected chi connectivity index (χ1v) is 12.9. The monoisotopic (exact) mass is 567 g/mol. The van der Waals surface area contributed by atoms with Crippen LogP contribution in [0.25, 0.3) is 0 Å². The van der Waals surface area contributed by atoms with E-state index in [1.54, 1.807) is 0 Å². The van der Waals surface area contributed by atoms with Crippen LogP contribution >= 0.6 is 24.0 Å². The lowest BCUT2D eigenvalue weighted by atomic mass is 9.92. The average molecular weight is 568 g/mol. The Labute approximate surface area is 217 Å². The van der Waals surface area contributed by atoms with Crippen LogP contribution in [0.3, 0.4) is 0 Å². The summed E-state index contributed by atoms with van der Waals surface area (Å²) in [7, 11) is 0. The summed E-state index contributed by atoms with van der Waals surface area (Å²) in [6, 6.07) is 9.85. The van der Waals surface area contributed by atoms with Crippen LogP contribution in [0.4, 0.5) is 0 Å². The van der Waals surface area contributed by atoms with Crippen LogP contribution in [0.2, 0.25) is 0 Å². The molecule has 33 heavy (non-hydrogen) atoms. The van der Waals surface area contributed by atoms with E-state index in [2.05, 4.69) is 46.7 Å². The third-order valence-corrected chi connectivity index (χ3v) is 7.26. The van der Waals surface area contributed by atoms with Crippen LogP contribution in [-0.2, 0) is 17.9 Å². The van der Waals surface area contributed by atoms with E-state index in [1.165, 1.54) is 69.2 Å². The molecule has 0 bridgehead atoms. The van der Waals surface area contributed by atoms with Crippen molar-refractivity contribution >= 4 is 35.8 Å². The first-order valence-electron chi connectivity index (χ1n) is 12.9. The zero-order valence-corrected chi connectivity index (χ0v) is 22.6. The standard InChI is InChI=1S/C26H41N5O.HI/c1-2-27-26(29-23-13-16-30(17-14-23)24-10-4-3-5-11-24)28-19-21-8-6-9-22(18-21)20-31-15-7-12-25(31)32;/h6,8-9,18,23-24H,2-5,7,10-17,19-20H2,1H3,(H2,27,28,29);1H. The molecule has 0 atom stereocenters. The molecule has 6 nitrogen and oxygen atoms in total. The van der Waals surface area contributed by atoms with E-state index in [-0.39, 0.29) is 29.9 Å². The number of hydrogen-bond acceptors (Lipinski definition) is 3. The molecule has 1 saturated carbocycles. The number of likely N-dealkylation sites (tertiary alicyclic amines) is 2. The number of benzene rings is 1. The highest BCUT2D eigenvalue weighted by Gasteiger charge is 2.26. The van der Waals surface area contributed by atoms with Gasteiger partial charge in [-0.1, -0.05) is 43.5 Å². The number of rotatable bonds is 7. The molecule has 2 heterocycles. The lowest BCUT2D eigenvalue weighted by molar-refractivity contribution is -0.128. The van der Waals surface area contributed by atoms with Crippen molar-refractivity contribution < 1.29 is 4.79 Å². The molecular formula is C26H42IN5O. The molecule has 3 aliphatic rings. The summed E-state index contributed by atoms with van der Waals surface area (Å²) in [5.74, 6) is 1.20. The second-order valence-corrected chi connectivity index (χ2v) is 9.68. The molecule has 0 radical (unpaired) electrons. The van der Waals surface area contributed by atoms with E-state index >= 15 is 0 Å². The minimum atomic E-state index is 0. The van der Waals surface area contributed by atoms with E-state index in [4.69, 9.17) is 4.99 Å². The molecule has 7 heteroatoms. The fraction of sp³-hybridized carbons (Fsp3) is 0.692. The first-order chi connectivity index (χ1) is 15.7. The summed E-state index contributed by atoms with van der Waals surface area (Å²) >= 11 is 0. The Kier molecular flexibility index (Phi) is 10.8. The lowest BCUT2D eigenvalue weighted by Gasteiger charge is -2.39. The number of halogens is 1. The number of amides is 1. The number of guanidine groups is 1. The molecule has 184 valence electrons. The highest BCUT2D eigenvalue weighted by atomic mass is 127. The Morgan fingerprint density at radius 2 is 1.79 bits per heavy atom. The molecule has 1 aromatic rings. The first kappa shape index (κ1) is 26.3. The van der Waals surface area contributed by atoms with Gasteiger partial charge in [0.2, 0.25) is 5.91 Å². The van der Waals surface area contributed by atoms with Gasteiger partial charge in [-0.15, -0.1) is 24.0 Å². The van der Waals surface area contributed by atoms with Gasteiger partial charge in [0.15, 0.2) is 5.96 Å². The number of nitrogens with one attached hydrogen (secondary N) is 2. The molecule has 1 amide bonds. The van der Waals surface area contributed by atoms with Gasteiger partial charge in [0.25, 0.3) is 0 Å². The molecular weight excluding hydrogens is 525 g/mol. The van der Waals surface area contributed by atoms with Crippen molar-refractivity contribution in [1.82, 2.24) is 20.4 Å². The molecule has 2 N–H and O–H groups in total. The Balaban J connectivity index is 0.00000306. The van der Waals surface area contributed by atoms with Crippen molar-refractivity contribution in [3.63, 3.8) is 0 Å². The van der Waals surface area contributed by atoms with Crippen LogP contribution in [0.5, 0.6) is 0 Å². The maximum Gasteiger partial charge on any atom is 0.222 e. The summed E-state index contributed by atoms with van der Waals surface area (Å²) in [6.07, 6.45) is 11.1. The van der Waals surface area contributed by atoms with Gasteiger partial charge in [0, 0.05) is 51.2 Å². The van der Waals surface area contributed by atoms with Crippen LogP contribution in [0.1, 0.15) is 75.8 Å². The van der Waals surface area contributed by atoms with Gasteiger partial charge in [-0.3, -0.25) is 4.79 Å². The smallest absolute Gasteiger partial charge is 0.222 e. The van der Waals surface area contributed by atoms with Crippen LogP contribution in [-0.4, -0.2) is 59.9 Å². The molecule has 1 aliphatic carbocycles. The largest absolute Gasteiger partial charge is 0.357 e. The SMILES string of the molecule is CCNC(=NCc1cccc(CN2CCCC2=O)c1)NC1CCN(C2CCCCC2)CC1.I. The minimum Gasteiger partial charge on any atom is -0.357 e. The van der Waals surface area contributed by atoms with Crippen molar-refractivity contribution in [3.05, 3.63) is 35.4 Å². The van der Waals surface area contributed by atoms with Crippen LogP contribution in [0, 0.1) is 0 Å². The molecule has 3 fully saturated rings. The van der Waals surface area contributed by atoms with E-state index in [0.717, 1.165) is 31.5 Å². The van der Waals surface area contributed by atoms with Gasteiger partial charge in [0.1, 0.15) is 0 Å². The van der Waals surface area contributed by atoms with Gasteiger partial charge in [-0.2, -0.15) is 0 Å². The summed E-state index contributed by atoms with van der Waals surface area (Å²) in [5, 5.41) is 7.12. The summed E-state index contributed by atoms with van der Waals surface area (Å²) < 4.78 is 0. The maximum absolute atomic E-state index is 11.9. The number of piperidine rings is 1. The summed E-state index contributed by atoms with van der Waals surface area (Å²) in [5.41, 5.74) is 2.39. The van der Waals surface area contributed by atoms with Gasteiger partial charge < -0.3 is 20.4 Å².